The van der Waals surface area contributed by atoms with Gasteiger partial charge in [0.25, 0.3) is 0 Å². The second-order valence-corrected chi connectivity index (χ2v) is 8.87. The summed E-state index contributed by atoms with van der Waals surface area (Å²) in [5, 5.41) is 3.08. The highest BCUT2D eigenvalue weighted by Crippen LogP contribution is 2.25. The highest BCUT2D eigenvalue weighted by Gasteiger charge is 2.31. The summed E-state index contributed by atoms with van der Waals surface area (Å²) in [5.74, 6) is 0.497. The summed E-state index contributed by atoms with van der Waals surface area (Å²) >= 11 is 0. The Kier molecular flexibility index (Phi) is 9.08. The van der Waals surface area contributed by atoms with Crippen molar-refractivity contribution < 1.29 is 14.3 Å². The van der Waals surface area contributed by atoms with Crippen LogP contribution in [0.25, 0.3) is 0 Å². The molecule has 0 spiro atoms. The van der Waals surface area contributed by atoms with E-state index < -0.39 is 6.04 Å². The number of rotatable bonds is 11. The third kappa shape index (κ3) is 7.31. The Hall–Kier alpha value is -4.38. The van der Waals surface area contributed by atoms with Crippen molar-refractivity contribution in [2.45, 2.75) is 25.4 Å². The molecule has 4 aromatic rings. The molecule has 0 aliphatic carbocycles. The van der Waals surface area contributed by atoms with Crippen LogP contribution in [0.3, 0.4) is 0 Å². The maximum Gasteiger partial charge on any atom is 0.247 e. The van der Waals surface area contributed by atoms with Gasteiger partial charge in [0.1, 0.15) is 11.8 Å². The van der Waals surface area contributed by atoms with Crippen molar-refractivity contribution in [3.63, 3.8) is 0 Å². The fourth-order valence-corrected chi connectivity index (χ4v) is 4.30. The van der Waals surface area contributed by atoms with E-state index in [1.54, 1.807) is 12.0 Å². The number of carbonyl (C=O) groups is 2. The molecule has 0 fully saturated rings. The van der Waals surface area contributed by atoms with Gasteiger partial charge in [0.2, 0.25) is 11.8 Å². The molecule has 0 heterocycles. The molecule has 4 rings (SSSR count). The van der Waals surface area contributed by atoms with Crippen LogP contribution in [0.1, 0.15) is 28.3 Å². The average Bonchev–Trinajstić information content (AvgIpc) is 2.95. The van der Waals surface area contributed by atoms with Gasteiger partial charge in [0, 0.05) is 13.1 Å². The first-order valence-electron chi connectivity index (χ1n) is 12.5. The van der Waals surface area contributed by atoms with E-state index in [9.17, 15) is 9.59 Å². The monoisotopic (exact) mass is 492 g/mol. The molecule has 0 radical (unpaired) electrons. The maximum absolute atomic E-state index is 13.7. The smallest absolute Gasteiger partial charge is 0.247 e. The van der Waals surface area contributed by atoms with Crippen LogP contribution in [0.15, 0.2) is 115 Å². The lowest BCUT2D eigenvalue weighted by molar-refractivity contribution is -0.141. The normalized spacial score (nSPS) is 11.4. The fourth-order valence-electron chi connectivity index (χ4n) is 4.30. The second-order valence-electron chi connectivity index (χ2n) is 8.87. The van der Waals surface area contributed by atoms with Crippen LogP contribution in [0.5, 0.6) is 5.75 Å². The van der Waals surface area contributed by atoms with E-state index in [1.165, 1.54) is 0 Å². The minimum Gasteiger partial charge on any atom is -0.497 e. The third-order valence-corrected chi connectivity index (χ3v) is 6.26. The van der Waals surface area contributed by atoms with Crippen LogP contribution in [-0.2, 0) is 29.0 Å². The fraction of sp³-hybridized carbons (Fsp3) is 0.188. The van der Waals surface area contributed by atoms with Crippen molar-refractivity contribution in [3.8, 4) is 5.75 Å². The Morgan fingerprint density at radius 3 is 1.89 bits per heavy atom. The minimum absolute atomic E-state index is 0.103. The molecule has 0 saturated carbocycles. The summed E-state index contributed by atoms with van der Waals surface area (Å²) in [6, 6.07) is 36.0. The Morgan fingerprint density at radius 2 is 1.30 bits per heavy atom. The van der Waals surface area contributed by atoms with Gasteiger partial charge in [-0.25, -0.2) is 0 Å². The third-order valence-electron chi connectivity index (χ3n) is 6.26. The van der Waals surface area contributed by atoms with E-state index >= 15 is 0 Å². The Balaban J connectivity index is 1.57. The molecule has 0 aromatic heterocycles. The van der Waals surface area contributed by atoms with E-state index in [2.05, 4.69) is 5.32 Å². The number of methoxy groups -OCH3 is 1. The lowest BCUT2D eigenvalue weighted by Crippen LogP contribution is -2.44. The van der Waals surface area contributed by atoms with Crippen LogP contribution in [-0.4, -0.2) is 30.4 Å². The highest BCUT2D eigenvalue weighted by atomic mass is 16.5. The number of hydrogen-bond acceptors (Lipinski definition) is 3. The van der Waals surface area contributed by atoms with Gasteiger partial charge in [-0.2, -0.15) is 0 Å². The molecule has 188 valence electrons. The average molecular weight is 493 g/mol. The van der Waals surface area contributed by atoms with E-state index in [0.29, 0.717) is 19.5 Å². The zero-order valence-electron chi connectivity index (χ0n) is 21.0. The number of benzene rings is 4. The number of hydrogen-bond donors (Lipinski definition) is 1. The largest absolute Gasteiger partial charge is 0.497 e. The summed E-state index contributed by atoms with van der Waals surface area (Å²) in [4.78, 5) is 29.1. The van der Waals surface area contributed by atoms with Crippen molar-refractivity contribution in [1.29, 1.82) is 0 Å². The number of carbonyl (C=O) groups excluding carboxylic acids is 2. The Labute approximate surface area is 218 Å². The van der Waals surface area contributed by atoms with Crippen molar-refractivity contribution in [3.05, 3.63) is 138 Å². The topological polar surface area (TPSA) is 58.6 Å². The first-order chi connectivity index (χ1) is 18.1. The molecule has 5 nitrogen and oxygen atoms in total. The summed E-state index contributed by atoms with van der Waals surface area (Å²) in [6.07, 6.45) is 0.893. The van der Waals surface area contributed by atoms with E-state index in [0.717, 1.165) is 28.0 Å². The van der Waals surface area contributed by atoms with Crippen molar-refractivity contribution in [2.24, 2.45) is 0 Å². The first kappa shape index (κ1) is 25.7. The van der Waals surface area contributed by atoms with E-state index in [1.807, 2.05) is 115 Å². The molecule has 0 aliphatic rings. The molecule has 4 aromatic carbocycles. The number of nitrogens with zero attached hydrogens (tertiary/aromatic N) is 1. The van der Waals surface area contributed by atoms with Gasteiger partial charge in [0.05, 0.1) is 13.5 Å². The predicted molar refractivity (Wildman–Crippen MR) is 146 cm³/mol. The van der Waals surface area contributed by atoms with E-state index in [4.69, 9.17) is 4.74 Å². The van der Waals surface area contributed by atoms with Gasteiger partial charge < -0.3 is 15.0 Å². The van der Waals surface area contributed by atoms with Gasteiger partial charge in [-0.15, -0.1) is 0 Å². The molecular formula is C32H32N2O3. The standard InChI is InChI=1S/C32H32N2O3/c1-37-29-19-17-25(18-20-29)21-22-33-32(36)31(28-15-9-4-10-16-28)34(24-27-13-7-3-8-14-27)30(35)23-26-11-5-2-6-12-26/h2-20,31H,21-24H2,1H3,(H,33,36). The van der Waals surface area contributed by atoms with Crippen molar-refractivity contribution in [1.82, 2.24) is 10.2 Å². The molecule has 1 N–H and O–H groups in total. The van der Waals surface area contributed by atoms with E-state index in [-0.39, 0.29) is 18.2 Å². The molecule has 5 heteroatoms. The van der Waals surface area contributed by atoms with Crippen LogP contribution in [0.4, 0.5) is 0 Å². The zero-order chi connectivity index (χ0) is 25.9. The summed E-state index contributed by atoms with van der Waals surface area (Å²) in [7, 11) is 1.64. The van der Waals surface area contributed by atoms with Crippen molar-refractivity contribution >= 4 is 11.8 Å². The predicted octanol–water partition coefficient (Wildman–Crippen LogP) is 5.37. The van der Waals surface area contributed by atoms with Gasteiger partial charge in [0.15, 0.2) is 0 Å². The van der Waals surface area contributed by atoms with Gasteiger partial charge in [-0.1, -0.05) is 103 Å². The van der Waals surface area contributed by atoms with Gasteiger partial charge in [-0.05, 0) is 40.8 Å². The molecule has 1 unspecified atom stereocenters. The summed E-state index contributed by atoms with van der Waals surface area (Å²) in [6.45, 7) is 0.790. The molecular weight excluding hydrogens is 460 g/mol. The minimum atomic E-state index is -0.756. The number of ether oxygens (including phenoxy) is 1. The van der Waals surface area contributed by atoms with Crippen molar-refractivity contribution in [2.75, 3.05) is 13.7 Å². The molecule has 0 bridgehead atoms. The molecule has 1 atom stereocenters. The van der Waals surface area contributed by atoms with Gasteiger partial charge in [-0.3, -0.25) is 9.59 Å². The first-order valence-corrected chi connectivity index (χ1v) is 12.5. The maximum atomic E-state index is 13.7. The Bertz CT molecular complexity index is 1260. The Morgan fingerprint density at radius 1 is 0.730 bits per heavy atom. The highest BCUT2D eigenvalue weighted by molar-refractivity contribution is 5.89. The molecule has 0 aliphatic heterocycles. The molecule has 0 saturated heterocycles. The van der Waals surface area contributed by atoms with Gasteiger partial charge >= 0.3 is 0 Å². The lowest BCUT2D eigenvalue weighted by Gasteiger charge is -2.32. The lowest BCUT2D eigenvalue weighted by atomic mass is 10.0. The van der Waals surface area contributed by atoms with Crippen LogP contribution in [0, 0.1) is 0 Å². The SMILES string of the molecule is COc1ccc(CCNC(=O)C(c2ccccc2)N(Cc2ccccc2)C(=O)Cc2ccccc2)cc1. The van der Waals surface area contributed by atoms with Crippen LogP contribution < -0.4 is 10.1 Å². The van der Waals surface area contributed by atoms with Crippen LogP contribution in [0.2, 0.25) is 0 Å². The quantitative estimate of drug-likeness (QED) is 0.306. The summed E-state index contributed by atoms with van der Waals surface area (Å²) in [5.41, 5.74) is 3.76. The number of nitrogens with one attached hydrogen (secondary N) is 1. The summed E-state index contributed by atoms with van der Waals surface area (Å²) < 4.78 is 5.23. The molecule has 37 heavy (non-hydrogen) atoms. The number of amides is 2. The van der Waals surface area contributed by atoms with Crippen LogP contribution >= 0.6 is 0 Å². The second kappa shape index (κ2) is 13.1. The molecule has 2 amide bonds. The zero-order valence-corrected chi connectivity index (χ0v) is 21.0.